The van der Waals surface area contributed by atoms with Crippen LogP contribution in [0.25, 0.3) is 6.08 Å². The van der Waals surface area contributed by atoms with Gasteiger partial charge < -0.3 is 21.9 Å². The van der Waals surface area contributed by atoms with E-state index in [1.165, 1.54) is 18.8 Å². The number of hydrogen-bond acceptors (Lipinski definition) is 5. The Kier molecular flexibility index (Phi) is 6.94. The lowest BCUT2D eigenvalue weighted by atomic mass is 9.84. The van der Waals surface area contributed by atoms with Gasteiger partial charge in [0.2, 0.25) is 5.91 Å². The Bertz CT molecular complexity index is 639. The van der Waals surface area contributed by atoms with Gasteiger partial charge in [-0.05, 0) is 25.2 Å². The van der Waals surface area contributed by atoms with Crippen molar-refractivity contribution in [3.8, 4) is 0 Å². The number of aromatic carboxylic acids is 1. The first-order valence-corrected chi connectivity index (χ1v) is 8.67. The fourth-order valence-electron chi connectivity index (χ4n) is 3.10. The first-order chi connectivity index (χ1) is 12.0. The Labute approximate surface area is 147 Å². The molecule has 1 fully saturated rings. The molecule has 0 saturated heterocycles. The van der Waals surface area contributed by atoms with Gasteiger partial charge in [0, 0.05) is 24.5 Å². The third-order valence-electron chi connectivity index (χ3n) is 4.62. The summed E-state index contributed by atoms with van der Waals surface area (Å²) in [5.74, 6) is -0.924. The molecule has 0 radical (unpaired) electrons. The van der Waals surface area contributed by atoms with E-state index in [-0.39, 0.29) is 23.1 Å². The van der Waals surface area contributed by atoms with Gasteiger partial charge in [0.05, 0.1) is 11.7 Å². The fourth-order valence-corrected chi connectivity index (χ4v) is 3.10. The van der Waals surface area contributed by atoms with E-state index in [9.17, 15) is 9.59 Å². The lowest BCUT2D eigenvalue weighted by molar-refractivity contribution is -0.123. The van der Waals surface area contributed by atoms with Crippen LogP contribution in [0.2, 0.25) is 0 Å². The summed E-state index contributed by atoms with van der Waals surface area (Å²) >= 11 is 0. The number of pyridine rings is 1. The minimum Gasteiger partial charge on any atom is -0.478 e. The largest absolute Gasteiger partial charge is 0.478 e. The molecular weight excluding hydrogens is 320 g/mol. The second-order valence-corrected chi connectivity index (χ2v) is 6.40. The van der Waals surface area contributed by atoms with Crippen LogP contribution in [-0.2, 0) is 4.79 Å². The van der Waals surface area contributed by atoms with E-state index >= 15 is 0 Å². The Hall–Kier alpha value is -2.41. The molecule has 1 atom stereocenters. The number of amides is 1. The van der Waals surface area contributed by atoms with Gasteiger partial charge in [-0.25, -0.2) is 4.79 Å². The normalized spacial score (nSPS) is 16.7. The summed E-state index contributed by atoms with van der Waals surface area (Å²) in [7, 11) is 0. The van der Waals surface area contributed by atoms with Crippen molar-refractivity contribution in [3.63, 3.8) is 0 Å². The number of carboxylic acids is 1. The Morgan fingerprint density at radius 1 is 1.32 bits per heavy atom. The number of carboxylic acid groups (broad SMARTS) is 1. The number of carbonyl (C=O) groups excluding carboxylic acids is 1. The van der Waals surface area contributed by atoms with E-state index in [0.717, 1.165) is 25.7 Å². The molecule has 0 aromatic carbocycles. The molecule has 1 saturated carbocycles. The van der Waals surface area contributed by atoms with E-state index in [1.807, 2.05) is 6.08 Å². The van der Waals surface area contributed by atoms with Crippen molar-refractivity contribution in [1.82, 2.24) is 10.3 Å². The monoisotopic (exact) mass is 346 g/mol. The third-order valence-corrected chi connectivity index (χ3v) is 4.62. The van der Waals surface area contributed by atoms with Crippen LogP contribution in [0.15, 0.2) is 18.5 Å². The van der Waals surface area contributed by atoms with Crippen molar-refractivity contribution in [1.29, 1.82) is 0 Å². The fraction of sp³-hybridized carbons (Fsp3) is 0.500. The Morgan fingerprint density at radius 3 is 2.72 bits per heavy atom. The van der Waals surface area contributed by atoms with Crippen molar-refractivity contribution >= 4 is 23.6 Å². The molecular formula is C18H26N4O3. The van der Waals surface area contributed by atoms with E-state index < -0.39 is 12.0 Å². The van der Waals surface area contributed by atoms with Gasteiger partial charge in [-0.2, -0.15) is 0 Å². The van der Waals surface area contributed by atoms with Crippen LogP contribution in [0.1, 0.15) is 54.4 Å². The summed E-state index contributed by atoms with van der Waals surface area (Å²) in [4.78, 5) is 27.0. The number of nitrogen functional groups attached to an aromatic ring is 1. The highest BCUT2D eigenvalue weighted by Crippen LogP contribution is 2.25. The SMILES string of the molecule is Nc1c(/C=C/CCNC(=O)[C@@H](N)C2CCCCC2)cncc1C(=O)O. The van der Waals surface area contributed by atoms with Crippen molar-refractivity contribution in [3.05, 3.63) is 29.6 Å². The number of anilines is 1. The number of aromatic nitrogens is 1. The van der Waals surface area contributed by atoms with Gasteiger partial charge in [-0.3, -0.25) is 9.78 Å². The van der Waals surface area contributed by atoms with Crippen molar-refractivity contribution in [2.45, 2.75) is 44.6 Å². The molecule has 1 heterocycles. The zero-order valence-corrected chi connectivity index (χ0v) is 14.3. The molecule has 0 bridgehead atoms. The highest BCUT2D eigenvalue weighted by molar-refractivity contribution is 5.95. The topological polar surface area (TPSA) is 131 Å². The number of hydrogen-bond donors (Lipinski definition) is 4. The molecule has 1 aliphatic rings. The van der Waals surface area contributed by atoms with Crippen molar-refractivity contribution < 1.29 is 14.7 Å². The number of nitrogens with zero attached hydrogens (tertiary/aromatic N) is 1. The molecule has 6 N–H and O–H groups in total. The quantitative estimate of drug-likeness (QED) is 0.557. The first kappa shape index (κ1) is 18.9. The molecule has 25 heavy (non-hydrogen) atoms. The number of nitrogens with two attached hydrogens (primary N) is 2. The summed E-state index contributed by atoms with van der Waals surface area (Å²) < 4.78 is 0. The van der Waals surface area contributed by atoms with Gasteiger partial charge >= 0.3 is 5.97 Å². The molecule has 2 rings (SSSR count). The van der Waals surface area contributed by atoms with Gasteiger partial charge in [0.15, 0.2) is 0 Å². The molecule has 0 unspecified atom stereocenters. The molecule has 7 heteroatoms. The molecule has 1 aliphatic carbocycles. The van der Waals surface area contributed by atoms with Crippen LogP contribution >= 0.6 is 0 Å². The maximum Gasteiger partial charge on any atom is 0.339 e. The molecule has 1 amide bonds. The minimum absolute atomic E-state index is 0.0195. The van der Waals surface area contributed by atoms with Crippen molar-refractivity contribution in [2.24, 2.45) is 11.7 Å². The number of nitrogens with one attached hydrogen (secondary N) is 1. The van der Waals surface area contributed by atoms with Gasteiger partial charge in [-0.1, -0.05) is 31.4 Å². The van der Waals surface area contributed by atoms with Crippen LogP contribution in [0, 0.1) is 5.92 Å². The molecule has 1 aromatic heterocycles. The van der Waals surface area contributed by atoms with Gasteiger partial charge in [0.1, 0.15) is 5.56 Å². The summed E-state index contributed by atoms with van der Waals surface area (Å²) in [5.41, 5.74) is 12.6. The highest BCUT2D eigenvalue weighted by Gasteiger charge is 2.25. The summed E-state index contributed by atoms with van der Waals surface area (Å²) in [6.45, 7) is 0.474. The average molecular weight is 346 g/mol. The Balaban J connectivity index is 1.79. The molecule has 136 valence electrons. The maximum atomic E-state index is 12.1. The first-order valence-electron chi connectivity index (χ1n) is 8.67. The van der Waals surface area contributed by atoms with E-state index in [4.69, 9.17) is 16.6 Å². The number of rotatable bonds is 7. The second kappa shape index (κ2) is 9.17. The molecule has 0 aliphatic heterocycles. The predicted octanol–water partition coefficient (Wildman–Crippen LogP) is 1.79. The second-order valence-electron chi connectivity index (χ2n) is 6.40. The van der Waals surface area contributed by atoms with Gasteiger partial charge in [-0.15, -0.1) is 0 Å². The van der Waals surface area contributed by atoms with Crippen LogP contribution in [0.4, 0.5) is 5.69 Å². The molecule has 0 spiro atoms. The smallest absolute Gasteiger partial charge is 0.339 e. The van der Waals surface area contributed by atoms with Gasteiger partial charge in [0.25, 0.3) is 0 Å². The highest BCUT2D eigenvalue weighted by atomic mass is 16.4. The third kappa shape index (κ3) is 5.29. The lowest BCUT2D eigenvalue weighted by Gasteiger charge is -2.26. The number of carbonyl (C=O) groups is 2. The summed E-state index contributed by atoms with van der Waals surface area (Å²) in [5, 5.41) is 11.9. The van der Waals surface area contributed by atoms with Crippen LogP contribution < -0.4 is 16.8 Å². The predicted molar refractivity (Wildman–Crippen MR) is 96.8 cm³/mol. The maximum absolute atomic E-state index is 12.1. The van der Waals surface area contributed by atoms with E-state index in [0.29, 0.717) is 18.5 Å². The van der Waals surface area contributed by atoms with E-state index in [1.54, 1.807) is 6.08 Å². The van der Waals surface area contributed by atoms with Crippen LogP contribution in [0.3, 0.4) is 0 Å². The summed E-state index contributed by atoms with van der Waals surface area (Å²) in [6, 6.07) is -0.434. The molecule has 1 aromatic rings. The summed E-state index contributed by atoms with van der Waals surface area (Å²) in [6.07, 6.45) is 12.5. The molecule has 7 nitrogen and oxygen atoms in total. The van der Waals surface area contributed by atoms with Crippen LogP contribution in [0.5, 0.6) is 0 Å². The van der Waals surface area contributed by atoms with E-state index in [2.05, 4.69) is 10.3 Å². The zero-order valence-electron chi connectivity index (χ0n) is 14.3. The Morgan fingerprint density at radius 2 is 2.04 bits per heavy atom. The average Bonchev–Trinajstić information content (AvgIpc) is 2.62. The minimum atomic E-state index is -1.11. The zero-order chi connectivity index (χ0) is 18.2. The standard InChI is InChI=1S/C18H26N4O3/c19-15-13(10-21-11-14(15)18(24)25)8-4-5-9-22-17(23)16(20)12-6-2-1-3-7-12/h4,8,10-12,16H,1-3,5-7,9,20H2,(H2,19,21)(H,22,23)(H,24,25)/b8-4+/t16-/m0/s1. The van der Waals surface area contributed by atoms with Crippen LogP contribution in [-0.4, -0.2) is 34.6 Å². The van der Waals surface area contributed by atoms with Crippen molar-refractivity contribution in [2.75, 3.05) is 12.3 Å². The lowest BCUT2D eigenvalue weighted by Crippen LogP contribution is -2.46.